The molecular formula is C12H18FNO. The number of nitrogens with one attached hydrogen (secondary N) is 1. The van der Waals surface area contributed by atoms with E-state index >= 15 is 0 Å². The van der Waals surface area contributed by atoms with Gasteiger partial charge in [0.2, 0.25) is 0 Å². The lowest BCUT2D eigenvalue weighted by atomic mass is 10.1. The molecule has 0 fully saturated rings. The van der Waals surface area contributed by atoms with Crippen LogP contribution in [0.15, 0.2) is 18.2 Å². The summed E-state index contributed by atoms with van der Waals surface area (Å²) in [4.78, 5) is 0. The van der Waals surface area contributed by atoms with Crippen LogP contribution in [-0.2, 0) is 6.54 Å². The molecule has 15 heavy (non-hydrogen) atoms. The summed E-state index contributed by atoms with van der Waals surface area (Å²) in [7, 11) is 1.48. The van der Waals surface area contributed by atoms with Crippen molar-refractivity contribution in [1.82, 2.24) is 5.32 Å². The van der Waals surface area contributed by atoms with E-state index in [1.54, 1.807) is 18.2 Å². The maximum absolute atomic E-state index is 13.7. The van der Waals surface area contributed by atoms with E-state index in [0.717, 1.165) is 6.42 Å². The zero-order chi connectivity index (χ0) is 11.3. The van der Waals surface area contributed by atoms with Crippen molar-refractivity contribution in [3.8, 4) is 5.75 Å². The standard InChI is InChI=1S/C12H18FNO/c1-4-9(2)14-8-10-6-5-7-11(15-3)12(10)13/h5-7,9,14H,4,8H2,1-3H3. The first-order valence-corrected chi connectivity index (χ1v) is 5.23. The van der Waals surface area contributed by atoms with Crippen LogP contribution < -0.4 is 10.1 Å². The van der Waals surface area contributed by atoms with Gasteiger partial charge < -0.3 is 10.1 Å². The number of rotatable bonds is 5. The molecule has 0 bridgehead atoms. The van der Waals surface area contributed by atoms with Gasteiger partial charge in [-0.2, -0.15) is 0 Å². The Morgan fingerprint density at radius 2 is 2.20 bits per heavy atom. The molecule has 1 unspecified atom stereocenters. The highest BCUT2D eigenvalue weighted by molar-refractivity contribution is 5.30. The minimum atomic E-state index is -0.268. The van der Waals surface area contributed by atoms with Gasteiger partial charge in [-0.25, -0.2) is 4.39 Å². The van der Waals surface area contributed by atoms with Crippen LogP contribution in [0.25, 0.3) is 0 Å². The van der Waals surface area contributed by atoms with Crippen LogP contribution in [0.1, 0.15) is 25.8 Å². The molecule has 0 aliphatic carbocycles. The van der Waals surface area contributed by atoms with Gasteiger partial charge in [-0.1, -0.05) is 19.1 Å². The maximum Gasteiger partial charge on any atom is 0.169 e. The Bertz CT molecular complexity index is 314. The Morgan fingerprint density at radius 1 is 1.47 bits per heavy atom. The third-order valence-electron chi connectivity index (χ3n) is 2.52. The van der Waals surface area contributed by atoms with E-state index in [1.165, 1.54) is 7.11 Å². The Morgan fingerprint density at radius 3 is 2.80 bits per heavy atom. The van der Waals surface area contributed by atoms with Gasteiger partial charge in [-0.15, -0.1) is 0 Å². The lowest BCUT2D eigenvalue weighted by molar-refractivity contribution is 0.382. The second-order valence-corrected chi connectivity index (χ2v) is 3.62. The Balaban J connectivity index is 2.68. The molecule has 84 valence electrons. The smallest absolute Gasteiger partial charge is 0.169 e. The second-order valence-electron chi connectivity index (χ2n) is 3.62. The van der Waals surface area contributed by atoms with E-state index in [9.17, 15) is 4.39 Å². The summed E-state index contributed by atoms with van der Waals surface area (Å²) in [5.41, 5.74) is 0.648. The molecule has 1 aromatic carbocycles. The number of ether oxygens (including phenoxy) is 1. The van der Waals surface area contributed by atoms with Crippen LogP contribution in [0.4, 0.5) is 4.39 Å². The predicted molar refractivity (Wildman–Crippen MR) is 59.5 cm³/mol. The molecule has 0 radical (unpaired) electrons. The zero-order valence-corrected chi connectivity index (χ0v) is 9.51. The highest BCUT2D eigenvalue weighted by Gasteiger charge is 2.08. The summed E-state index contributed by atoms with van der Waals surface area (Å²) in [5, 5.41) is 3.25. The molecule has 0 heterocycles. The average Bonchev–Trinajstić information content (AvgIpc) is 2.27. The van der Waals surface area contributed by atoms with Crippen molar-refractivity contribution >= 4 is 0 Å². The van der Waals surface area contributed by atoms with Crippen molar-refractivity contribution in [2.75, 3.05) is 7.11 Å². The summed E-state index contributed by atoms with van der Waals surface area (Å²) in [6.45, 7) is 4.72. The van der Waals surface area contributed by atoms with E-state index < -0.39 is 0 Å². The first kappa shape index (κ1) is 12.0. The average molecular weight is 211 g/mol. The van der Waals surface area contributed by atoms with Gasteiger partial charge in [0.25, 0.3) is 0 Å². The number of hydrogen-bond acceptors (Lipinski definition) is 2. The van der Waals surface area contributed by atoms with Crippen LogP contribution >= 0.6 is 0 Å². The van der Waals surface area contributed by atoms with E-state index in [4.69, 9.17) is 4.74 Å². The molecule has 3 heteroatoms. The van der Waals surface area contributed by atoms with Crippen molar-refractivity contribution in [2.45, 2.75) is 32.9 Å². The minimum Gasteiger partial charge on any atom is -0.494 e. The second kappa shape index (κ2) is 5.71. The van der Waals surface area contributed by atoms with Gasteiger partial charge in [0, 0.05) is 18.2 Å². The van der Waals surface area contributed by atoms with Gasteiger partial charge in [0.05, 0.1) is 7.11 Å². The van der Waals surface area contributed by atoms with Crippen LogP contribution in [0.2, 0.25) is 0 Å². The molecule has 0 spiro atoms. The van der Waals surface area contributed by atoms with E-state index in [-0.39, 0.29) is 5.82 Å². The fourth-order valence-corrected chi connectivity index (χ4v) is 1.28. The first-order chi connectivity index (χ1) is 7.19. The number of halogens is 1. The lowest BCUT2D eigenvalue weighted by Gasteiger charge is -2.12. The fraction of sp³-hybridized carbons (Fsp3) is 0.500. The maximum atomic E-state index is 13.7. The normalized spacial score (nSPS) is 12.5. The van der Waals surface area contributed by atoms with Crippen LogP contribution in [0.5, 0.6) is 5.75 Å². The quantitative estimate of drug-likeness (QED) is 0.808. The lowest BCUT2D eigenvalue weighted by Crippen LogP contribution is -2.24. The molecular weight excluding hydrogens is 193 g/mol. The molecule has 0 aromatic heterocycles. The summed E-state index contributed by atoms with van der Waals surface area (Å²) in [6, 6.07) is 5.60. The fourth-order valence-electron chi connectivity index (χ4n) is 1.28. The molecule has 2 nitrogen and oxygen atoms in total. The van der Waals surface area contributed by atoms with E-state index in [1.807, 2.05) is 0 Å². The predicted octanol–water partition coefficient (Wildman–Crippen LogP) is 2.72. The molecule has 0 aliphatic rings. The molecule has 0 aliphatic heterocycles. The molecule has 0 saturated carbocycles. The van der Waals surface area contributed by atoms with Gasteiger partial charge in [-0.3, -0.25) is 0 Å². The summed E-state index contributed by atoms with van der Waals surface area (Å²) < 4.78 is 18.6. The summed E-state index contributed by atoms with van der Waals surface area (Å²) in [6.07, 6.45) is 1.03. The molecule has 1 rings (SSSR count). The highest BCUT2D eigenvalue weighted by Crippen LogP contribution is 2.19. The van der Waals surface area contributed by atoms with Crippen molar-refractivity contribution in [3.63, 3.8) is 0 Å². The van der Waals surface area contributed by atoms with Gasteiger partial charge in [0.1, 0.15) is 0 Å². The summed E-state index contributed by atoms with van der Waals surface area (Å²) >= 11 is 0. The number of methoxy groups -OCH3 is 1. The Kier molecular flexibility index (Phi) is 4.56. The molecule has 1 aromatic rings. The van der Waals surface area contributed by atoms with Crippen molar-refractivity contribution in [1.29, 1.82) is 0 Å². The largest absolute Gasteiger partial charge is 0.494 e. The third kappa shape index (κ3) is 3.20. The number of benzene rings is 1. The third-order valence-corrected chi connectivity index (χ3v) is 2.52. The first-order valence-electron chi connectivity index (χ1n) is 5.23. The van der Waals surface area contributed by atoms with Crippen molar-refractivity contribution in [2.24, 2.45) is 0 Å². The number of hydrogen-bond donors (Lipinski definition) is 1. The SMILES string of the molecule is CCC(C)NCc1cccc(OC)c1F. The molecule has 0 amide bonds. The minimum absolute atomic E-state index is 0.268. The van der Waals surface area contributed by atoms with Crippen molar-refractivity contribution < 1.29 is 9.13 Å². The van der Waals surface area contributed by atoms with Gasteiger partial charge in [0.15, 0.2) is 11.6 Å². The van der Waals surface area contributed by atoms with Crippen LogP contribution in [-0.4, -0.2) is 13.2 Å². The van der Waals surface area contributed by atoms with Crippen LogP contribution in [0, 0.1) is 5.82 Å². The molecule has 1 N–H and O–H groups in total. The Hall–Kier alpha value is -1.09. The molecule has 0 saturated heterocycles. The monoisotopic (exact) mass is 211 g/mol. The topological polar surface area (TPSA) is 21.3 Å². The Labute approximate surface area is 90.4 Å². The highest BCUT2D eigenvalue weighted by atomic mass is 19.1. The van der Waals surface area contributed by atoms with E-state index in [2.05, 4.69) is 19.2 Å². The van der Waals surface area contributed by atoms with Gasteiger partial charge >= 0.3 is 0 Å². The zero-order valence-electron chi connectivity index (χ0n) is 9.51. The van der Waals surface area contributed by atoms with Crippen LogP contribution in [0.3, 0.4) is 0 Å². The molecule has 1 atom stereocenters. The van der Waals surface area contributed by atoms with E-state index in [0.29, 0.717) is 23.9 Å². The van der Waals surface area contributed by atoms with Gasteiger partial charge in [-0.05, 0) is 19.4 Å². The van der Waals surface area contributed by atoms with Crippen molar-refractivity contribution in [3.05, 3.63) is 29.6 Å². The summed E-state index contributed by atoms with van der Waals surface area (Å²) in [5.74, 6) is 0.0363.